The van der Waals surface area contributed by atoms with Crippen LogP contribution in [0.2, 0.25) is 0 Å². The molecule has 0 fully saturated rings. The summed E-state index contributed by atoms with van der Waals surface area (Å²) in [6, 6.07) is 6.55. The first-order chi connectivity index (χ1) is 9.60. The molecule has 0 saturated carbocycles. The number of halogens is 2. The highest BCUT2D eigenvalue weighted by Crippen LogP contribution is 2.22. The molecule has 1 rings (SSSR count). The second-order valence-electron chi connectivity index (χ2n) is 5.71. The molecule has 0 atom stereocenters. The zero-order chi connectivity index (χ0) is 16.2. The number of nitrogens with two attached hydrogens (primary N) is 1. The maximum absolute atomic E-state index is 13.1. The SMILES string of the molecule is Cc1ccc(C(CN(N)C(=O)OC(C)(C)C)=C(F)F)cc1. The van der Waals surface area contributed by atoms with Crippen molar-refractivity contribution < 1.29 is 18.3 Å². The van der Waals surface area contributed by atoms with Crippen molar-refractivity contribution in [1.29, 1.82) is 0 Å². The van der Waals surface area contributed by atoms with Crippen LogP contribution < -0.4 is 5.84 Å². The number of hydrogen-bond donors (Lipinski definition) is 1. The van der Waals surface area contributed by atoms with Gasteiger partial charge in [0.25, 0.3) is 6.08 Å². The Morgan fingerprint density at radius 3 is 2.19 bits per heavy atom. The number of carbonyl (C=O) groups excluding carboxylic acids is 1. The molecule has 0 unspecified atom stereocenters. The highest BCUT2D eigenvalue weighted by molar-refractivity contribution is 5.74. The normalized spacial score (nSPS) is 11.0. The predicted molar refractivity (Wildman–Crippen MR) is 77.4 cm³/mol. The molecule has 6 heteroatoms. The first-order valence-corrected chi connectivity index (χ1v) is 6.46. The third kappa shape index (κ3) is 5.51. The zero-order valence-electron chi connectivity index (χ0n) is 12.6. The number of carbonyl (C=O) groups is 1. The highest BCUT2D eigenvalue weighted by Gasteiger charge is 2.22. The number of aryl methyl sites for hydroxylation is 1. The molecule has 0 bridgehead atoms. The van der Waals surface area contributed by atoms with Crippen LogP contribution in [0.1, 0.15) is 31.9 Å². The number of ether oxygens (including phenoxy) is 1. The standard InChI is InChI=1S/C15H20F2N2O2/c1-10-5-7-11(8-6-10)12(13(16)17)9-19(18)14(20)21-15(2,3)4/h5-8H,9,18H2,1-4H3. The molecule has 0 aliphatic rings. The van der Waals surface area contributed by atoms with Crippen LogP contribution in [0.15, 0.2) is 30.3 Å². The molecular formula is C15H20F2N2O2. The van der Waals surface area contributed by atoms with Gasteiger partial charge in [0, 0.05) is 5.57 Å². The van der Waals surface area contributed by atoms with Crippen LogP contribution in [0.3, 0.4) is 0 Å². The Morgan fingerprint density at radius 1 is 1.24 bits per heavy atom. The summed E-state index contributed by atoms with van der Waals surface area (Å²) in [4.78, 5) is 11.7. The summed E-state index contributed by atoms with van der Waals surface area (Å²) in [6.45, 7) is 6.44. The molecule has 0 radical (unpaired) electrons. The number of nitrogens with zero attached hydrogens (tertiary/aromatic N) is 1. The minimum Gasteiger partial charge on any atom is -0.443 e. The Labute approximate surface area is 123 Å². The Kier molecular flexibility index (Phi) is 5.43. The lowest BCUT2D eigenvalue weighted by Gasteiger charge is -2.24. The van der Waals surface area contributed by atoms with Crippen LogP contribution in [0.5, 0.6) is 0 Å². The smallest absolute Gasteiger partial charge is 0.424 e. The molecule has 0 spiro atoms. The summed E-state index contributed by atoms with van der Waals surface area (Å²) in [6.07, 6.45) is -2.73. The lowest BCUT2D eigenvalue weighted by atomic mass is 10.1. The molecule has 116 valence electrons. The molecule has 1 aromatic carbocycles. The summed E-state index contributed by atoms with van der Waals surface area (Å²) in [5, 5.41) is 0.638. The molecule has 0 saturated heterocycles. The van der Waals surface area contributed by atoms with Gasteiger partial charge in [-0.3, -0.25) is 0 Å². The van der Waals surface area contributed by atoms with E-state index in [4.69, 9.17) is 10.6 Å². The van der Waals surface area contributed by atoms with E-state index in [-0.39, 0.29) is 5.57 Å². The lowest BCUT2D eigenvalue weighted by molar-refractivity contribution is 0.0273. The number of amides is 1. The van der Waals surface area contributed by atoms with Crippen molar-refractivity contribution >= 4 is 11.7 Å². The van der Waals surface area contributed by atoms with Crippen molar-refractivity contribution in [2.45, 2.75) is 33.3 Å². The van der Waals surface area contributed by atoms with Crippen molar-refractivity contribution in [3.05, 3.63) is 41.5 Å². The molecule has 4 nitrogen and oxygen atoms in total. The second-order valence-corrected chi connectivity index (χ2v) is 5.71. The van der Waals surface area contributed by atoms with Crippen molar-refractivity contribution in [2.24, 2.45) is 5.84 Å². The number of rotatable bonds is 3. The minimum atomic E-state index is -1.88. The second kappa shape index (κ2) is 6.67. The van der Waals surface area contributed by atoms with Gasteiger partial charge in [0.15, 0.2) is 0 Å². The largest absolute Gasteiger partial charge is 0.443 e. The fourth-order valence-corrected chi connectivity index (χ4v) is 1.57. The van der Waals surface area contributed by atoms with Gasteiger partial charge in [0.1, 0.15) is 5.60 Å². The van der Waals surface area contributed by atoms with E-state index in [1.807, 2.05) is 6.92 Å². The molecule has 0 heterocycles. The maximum atomic E-state index is 13.1. The molecule has 21 heavy (non-hydrogen) atoms. The van der Waals surface area contributed by atoms with Crippen LogP contribution in [-0.2, 0) is 4.74 Å². The quantitative estimate of drug-likeness (QED) is 0.526. The van der Waals surface area contributed by atoms with Gasteiger partial charge < -0.3 is 4.74 Å². The predicted octanol–water partition coefficient (Wildman–Crippen LogP) is 3.71. The Morgan fingerprint density at radius 2 is 1.76 bits per heavy atom. The summed E-state index contributed by atoms with van der Waals surface area (Å²) in [7, 11) is 0. The summed E-state index contributed by atoms with van der Waals surface area (Å²) < 4.78 is 31.2. The van der Waals surface area contributed by atoms with Crippen LogP contribution in [0.25, 0.3) is 5.57 Å². The van der Waals surface area contributed by atoms with E-state index in [1.54, 1.807) is 45.0 Å². The summed E-state index contributed by atoms with van der Waals surface area (Å²) in [5.41, 5.74) is 0.230. The first-order valence-electron chi connectivity index (χ1n) is 6.46. The van der Waals surface area contributed by atoms with Gasteiger partial charge in [-0.1, -0.05) is 29.8 Å². The van der Waals surface area contributed by atoms with Gasteiger partial charge in [-0.25, -0.2) is 15.6 Å². The van der Waals surface area contributed by atoms with Gasteiger partial charge in [0.2, 0.25) is 0 Å². The van der Waals surface area contributed by atoms with Crippen molar-refractivity contribution in [2.75, 3.05) is 6.54 Å². The fourth-order valence-electron chi connectivity index (χ4n) is 1.57. The van der Waals surface area contributed by atoms with E-state index in [2.05, 4.69) is 0 Å². The van der Waals surface area contributed by atoms with E-state index in [0.29, 0.717) is 10.6 Å². The van der Waals surface area contributed by atoms with Gasteiger partial charge in [-0.15, -0.1) is 0 Å². The topological polar surface area (TPSA) is 55.6 Å². The zero-order valence-corrected chi connectivity index (χ0v) is 12.6. The number of benzene rings is 1. The van der Waals surface area contributed by atoms with Crippen LogP contribution in [0, 0.1) is 6.92 Å². The van der Waals surface area contributed by atoms with Crippen LogP contribution in [0.4, 0.5) is 13.6 Å². The summed E-state index contributed by atoms with van der Waals surface area (Å²) >= 11 is 0. The number of hydrogen-bond acceptors (Lipinski definition) is 3. The van der Waals surface area contributed by atoms with Crippen molar-refractivity contribution in [3.63, 3.8) is 0 Å². The van der Waals surface area contributed by atoms with Gasteiger partial charge in [0.05, 0.1) is 6.54 Å². The van der Waals surface area contributed by atoms with Crippen molar-refractivity contribution in [3.8, 4) is 0 Å². The van der Waals surface area contributed by atoms with Crippen LogP contribution >= 0.6 is 0 Å². The third-order valence-electron chi connectivity index (χ3n) is 2.58. The average Bonchev–Trinajstić information content (AvgIpc) is 2.34. The van der Waals surface area contributed by atoms with E-state index in [9.17, 15) is 13.6 Å². The maximum Gasteiger partial charge on any atom is 0.424 e. The van der Waals surface area contributed by atoms with E-state index < -0.39 is 24.3 Å². The Balaban J connectivity index is 2.88. The van der Waals surface area contributed by atoms with Gasteiger partial charge in [-0.2, -0.15) is 8.78 Å². The monoisotopic (exact) mass is 298 g/mol. The van der Waals surface area contributed by atoms with Gasteiger partial charge >= 0.3 is 6.09 Å². The van der Waals surface area contributed by atoms with E-state index in [0.717, 1.165) is 5.56 Å². The average molecular weight is 298 g/mol. The highest BCUT2D eigenvalue weighted by atomic mass is 19.3. The summed E-state index contributed by atoms with van der Waals surface area (Å²) in [5.74, 6) is 5.52. The molecule has 2 N–H and O–H groups in total. The minimum absolute atomic E-state index is 0.302. The Bertz CT molecular complexity index is 530. The molecule has 1 aromatic rings. The number of hydrazine groups is 1. The van der Waals surface area contributed by atoms with E-state index >= 15 is 0 Å². The molecular weight excluding hydrogens is 278 g/mol. The molecule has 0 aromatic heterocycles. The van der Waals surface area contributed by atoms with E-state index in [1.165, 1.54) is 0 Å². The molecule has 0 aliphatic heterocycles. The third-order valence-corrected chi connectivity index (χ3v) is 2.58. The molecule has 1 amide bonds. The van der Waals surface area contributed by atoms with Crippen LogP contribution in [-0.4, -0.2) is 23.2 Å². The van der Waals surface area contributed by atoms with Gasteiger partial charge in [-0.05, 0) is 33.3 Å². The first kappa shape index (κ1) is 17.1. The molecule has 0 aliphatic carbocycles. The fraction of sp³-hybridized carbons (Fsp3) is 0.400. The Hall–Kier alpha value is -1.95. The lowest BCUT2D eigenvalue weighted by Crippen LogP contribution is -2.42. The van der Waals surface area contributed by atoms with Crippen molar-refractivity contribution in [1.82, 2.24) is 5.01 Å².